The van der Waals surface area contributed by atoms with E-state index in [0.29, 0.717) is 54.5 Å². The standard InChI is InChI=1S/C23H22N6O3S2/c1-31-19-5-3-2-4-18(19)29-21(16-6-8-24-9-7-16)26-27-23(29)34-15-20-25-17(14-33-20)22(30)28-10-12-32-13-11-28/h2-9,14H,10-13,15H2,1H3. The highest BCUT2D eigenvalue weighted by atomic mass is 32.2. The zero-order valence-corrected chi connectivity index (χ0v) is 20.1. The third-order valence-electron chi connectivity index (χ3n) is 5.29. The number of pyridine rings is 1. The lowest BCUT2D eigenvalue weighted by atomic mass is 10.2. The molecule has 34 heavy (non-hydrogen) atoms. The van der Waals surface area contributed by atoms with E-state index in [2.05, 4.69) is 20.2 Å². The molecule has 3 aromatic heterocycles. The van der Waals surface area contributed by atoms with Gasteiger partial charge in [0.2, 0.25) is 0 Å². The number of thioether (sulfide) groups is 1. The molecule has 0 aliphatic carbocycles. The van der Waals surface area contributed by atoms with Crippen molar-refractivity contribution in [1.29, 1.82) is 0 Å². The molecule has 0 saturated carbocycles. The summed E-state index contributed by atoms with van der Waals surface area (Å²) < 4.78 is 12.9. The van der Waals surface area contributed by atoms with E-state index < -0.39 is 0 Å². The van der Waals surface area contributed by atoms with Crippen molar-refractivity contribution in [2.75, 3.05) is 33.4 Å². The summed E-state index contributed by atoms with van der Waals surface area (Å²) in [5, 5.41) is 12.3. The maximum atomic E-state index is 12.7. The van der Waals surface area contributed by atoms with Gasteiger partial charge in [0.25, 0.3) is 5.91 Å². The van der Waals surface area contributed by atoms with Gasteiger partial charge in [-0.1, -0.05) is 23.9 Å². The number of nitrogens with zero attached hydrogens (tertiary/aromatic N) is 6. The lowest BCUT2D eigenvalue weighted by Gasteiger charge is -2.25. The molecular formula is C23H22N6O3S2. The Hall–Kier alpha value is -3.28. The Morgan fingerprint density at radius 2 is 1.94 bits per heavy atom. The minimum Gasteiger partial charge on any atom is -0.495 e. The lowest BCUT2D eigenvalue weighted by molar-refractivity contribution is 0.0299. The zero-order valence-electron chi connectivity index (χ0n) is 18.5. The Bertz CT molecular complexity index is 1270. The van der Waals surface area contributed by atoms with Gasteiger partial charge in [0.05, 0.1) is 31.8 Å². The van der Waals surface area contributed by atoms with E-state index >= 15 is 0 Å². The summed E-state index contributed by atoms with van der Waals surface area (Å²) in [7, 11) is 1.64. The summed E-state index contributed by atoms with van der Waals surface area (Å²) in [6.45, 7) is 2.33. The molecule has 1 aromatic carbocycles. The highest BCUT2D eigenvalue weighted by Crippen LogP contribution is 2.33. The predicted octanol–water partition coefficient (Wildman–Crippen LogP) is 3.56. The van der Waals surface area contributed by atoms with E-state index in [0.717, 1.165) is 16.3 Å². The van der Waals surface area contributed by atoms with Crippen LogP contribution >= 0.6 is 23.1 Å². The van der Waals surface area contributed by atoms with Crippen LogP contribution < -0.4 is 4.74 Å². The molecule has 0 N–H and O–H groups in total. The van der Waals surface area contributed by atoms with E-state index in [-0.39, 0.29) is 5.91 Å². The second-order valence-corrected chi connectivity index (χ2v) is 9.25. The molecule has 4 heterocycles. The van der Waals surface area contributed by atoms with Crippen LogP contribution in [0.5, 0.6) is 5.75 Å². The molecular weight excluding hydrogens is 472 g/mol. The molecule has 1 saturated heterocycles. The fourth-order valence-electron chi connectivity index (χ4n) is 3.61. The predicted molar refractivity (Wildman–Crippen MR) is 130 cm³/mol. The fourth-order valence-corrected chi connectivity index (χ4v) is 5.34. The van der Waals surface area contributed by atoms with Crippen molar-refractivity contribution in [3.8, 4) is 22.8 Å². The molecule has 5 rings (SSSR count). The SMILES string of the molecule is COc1ccccc1-n1c(SCc2nc(C(=O)N3CCOCC3)cs2)nnc1-c1ccncc1. The van der Waals surface area contributed by atoms with Crippen LogP contribution in [0.15, 0.2) is 59.3 Å². The Morgan fingerprint density at radius 3 is 2.74 bits per heavy atom. The molecule has 1 aliphatic rings. The fraction of sp³-hybridized carbons (Fsp3) is 0.261. The van der Waals surface area contributed by atoms with E-state index in [4.69, 9.17) is 9.47 Å². The Morgan fingerprint density at radius 1 is 1.15 bits per heavy atom. The first-order chi connectivity index (χ1) is 16.7. The van der Waals surface area contributed by atoms with Crippen LogP contribution in [-0.4, -0.2) is 69.0 Å². The van der Waals surface area contributed by atoms with Crippen LogP contribution in [0.4, 0.5) is 0 Å². The van der Waals surface area contributed by atoms with Crippen molar-refractivity contribution in [2.45, 2.75) is 10.9 Å². The van der Waals surface area contributed by atoms with Gasteiger partial charge in [-0.2, -0.15) is 0 Å². The average molecular weight is 495 g/mol. The van der Waals surface area contributed by atoms with Crippen molar-refractivity contribution in [1.82, 2.24) is 29.6 Å². The van der Waals surface area contributed by atoms with Gasteiger partial charge < -0.3 is 14.4 Å². The number of methoxy groups -OCH3 is 1. The maximum Gasteiger partial charge on any atom is 0.273 e. The van der Waals surface area contributed by atoms with Crippen molar-refractivity contribution in [3.63, 3.8) is 0 Å². The van der Waals surface area contributed by atoms with Crippen molar-refractivity contribution >= 4 is 29.0 Å². The van der Waals surface area contributed by atoms with Gasteiger partial charge in [0.15, 0.2) is 11.0 Å². The first kappa shape index (κ1) is 22.5. The number of ether oxygens (including phenoxy) is 2. The zero-order chi connectivity index (χ0) is 23.3. The molecule has 0 radical (unpaired) electrons. The summed E-state index contributed by atoms with van der Waals surface area (Å²) in [5.74, 6) is 1.92. The molecule has 0 atom stereocenters. The van der Waals surface area contributed by atoms with Crippen molar-refractivity contribution in [2.24, 2.45) is 0 Å². The van der Waals surface area contributed by atoms with E-state index in [1.165, 1.54) is 23.1 Å². The molecule has 9 nitrogen and oxygen atoms in total. The number of para-hydroxylation sites is 2. The molecule has 0 unspecified atom stereocenters. The Kier molecular flexibility index (Phi) is 6.84. The lowest BCUT2D eigenvalue weighted by Crippen LogP contribution is -2.40. The number of carbonyl (C=O) groups excluding carboxylic acids is 1. The number of benzene rings is 1. The van der Waals surface area contributed by atoms with E-state index in [9.17, 15) is 4.79 Å². The molecule has 1 amide bonds. The van der Waals surface area contributed by atoms with Crippen LogP contribution in [0.2, 0.25) is 0 Å². The summed E-state index contributed by atoms with van der Waals surface area (Å²) in [6, 6.07) is 11.6. The van der Waals surface area contributed by atoms with Gasteiger partial charge >= 0.3 is 0 Å². The highest BCUT2D eigenvalue weighted by molar-refractivity contribution is 7.98. The minimum atomic E-state index is -0.0482. The average Bonchev–Trinajstić information content (AvgIpc) is 3.55. The first-order valence-electron chi connectivity index (χ1n) is 10.7. The summed E-state index contributed by atoms with van der Waals surface area (Å²) >= 11 is 2.98. The van der Waals surface area contributed by atoms with Gasteiger partial charge in [0, 0.05) is 36.4 Å². The number of rotatable bonds is 7. The van der Waals surface area contributed by atoms with Crippen LogP contribution in [-0.2, 0) is 10.5 Å². The minimum absolute atomic E-state index is 0.0482. The third kappa shape index (κ3) is 4.67. The Labute approximate surface area is 204 Å². The summed E-state index contributed by atoms with van der Waals surface area (Å²) in [6.07, 6.45) is 3.46. The monoisotopic (exact) mass is 494 g/mol. The van der Waals surface area contributed by atoms with Crippen LogP contribution in [0.1, 0.15) is 15.5 Å². The number of aromatic nitrogens is 5. The smallest absolute Gasteiger partial charge is 0.273 e. The molecule has 4 aromatic rings. The van der Waals surface area contributed by atoms with Gasteiger partial charge in [-0.15, -0.1) is 21.5 Å². The summed E-state index contributed by atoms with van der Waals surface area (Å²) in [4.78, 5) is 23.2. The highest BCUT2D eigenvalue weighted by Gasteiger charge is 2.22. The van der Waals surface area contributed by atoms with Crippen LogP contribution in [0.3, 0.4) is 0 Å². The van der Waals surface area contributed by atoms with Gasteiger partial charge in [-0.25, -0.2) is 4.98 Å². The van der Waals surface area contributed by atoms with Crippen LogP contribution in [0.25, 0.3) is 17.1 Å². The number of hydrogen-bond donors (Lipinski definition) is 0. The van der Waals surface area contributed by atoms with Crippen molar-refractivity contribution < 1.29 is 14.3 Å². The normalized spacial score (nSPS) is 13.7. The number of carbonyl (C=O) groups is 1. The van der Waals surface area contributed by atoms with Gasteiger partial charge in [0.1, 0.15) is 16.5 Å². The molecule has 1 aliphatic heterocycles. The van der Waals surface area contributed by atoms with E-state index in [1.54, 1.807) is 24.4 Å². The van der Waals surface area contributed by atoms with Gasteiger partial charge in [-0.05, 0) is 24.3 Å². The quantitative estimate of drug-likeness (QED) is 0.360. The van der Waals surface area contributed by atoms with Crippen LogP contribution in [0, 0.1) is 0 Å². The first-order valence-corrected chi connectivity index (χ1v) is 12.5. The largest absolute Gasteiger partial charge is 0.495 e. The topological polar surface area (TPSA) is 95.3 Å². The third-order valence-corrected chi connectivity index (χ3v) is 7.26. The summed E-state index contributed by atoms with van der Waals surface area (Å²) in [5.41, 5.74) is 2.21. The molecule has 0 bridgehead atoms. The number of amides is 1. The number of morpholine rings is 1. The second kappa shape index (κ2) is 10.3. The number of hydrogen-bond acceptors (Lipinski definition) is 9. The molecule has 174 valence electrons. The second-order valence-electron chi connectivity index (χ2n) is 7.37. The van der Waals surface area contributed by atoms with Gasteiger partial charge in [-0.3, -0.25) is 14.3 Å². The Balaban J connectivity index is 1.41. The maximum absolute atomic E-state index is 12.7. The molecule has 11 heteroatoms. The van der Waals surface area contributed by atoms with Crippen molar-refractivity contribution in [3.05, 3.63) is 64.9 Å². The molecule has 0 spiro atoms. The molecule has 1 fully saturated rings. The number of thiazole rings is 1. The van der Waals surface area contributed by atoms with E-state index in [1.807, 2.05) is 46.3 Å².